The third-order valence-electron chi connectivity index (χ3n) is 6.93. The Kier molecular flexibility index (Phi) is 7.12. The monoisotopic (exact) mass is 512 g/mol. The van der Waals surface area contributed by atoms with Crippen LogP contribution in [0, 0.1) is 17.6 Å². The Morgan fingerprint density at radius 3 is 2.14 bits per heavy atom. The molecule has 4 rings (SSSR count). The van der Waals surface area contributed by atoms with Crippen molar-refractivity contribution in [1.82, 2.24) is 0 Å². The van der Waals surface area contributed by atoms with Crippen LogP contribution in [0.3, 0.4) is 0 Å². The van der Waals surface area contributed by atoms with E-state index in [1.807, 2.05) is 6.08 Å². The first-order chi connectivity index (χ1) is 17.0. The standard InChI is InChI=1S/C27H26F6O3/c1-3-5-6-15-7-9-16(10-8-15)36-25(34)19-12-11-17-18-13-14-20(35-4-2)24(29)22(18)27(32,33)26(30,31)21(17)23(19)28/h3,11-16H,1,4-10H2,2H3. The first-order valence-electron chi connectivity index (χ1n) is 11.9. The minimum Gasteiger partial charge on any atom is -0.491 e. The summed E-state index contributed by atoms with van der Waals surface area (Å²) < 4.78 is 101. The summed E-state index contributed by atoms with van der Waals surface area (Å²) in [5.74, 6) is -15.0. The highest BCUT2D eigenvalue weighted by Crippen LogP contribution is 2.60. The van der Waals surface area contributed by atoms with E-state index in [9.17, 15) is 9.18 Å². The number of carbonyl (C=O) groups is 1. The van der Waals surface area contributed by atoms with Crippen molar-refractivity contribution in [2.75, 3.05) is 6.61 Å². The van der Waals surface area contributed by atoms with Gasteiger partial charge in [-0.25, -0.2) is 13.6 Å². The molecule has 0 heterocycles. The van der Waals surface area contributed by atoms with Gasteiger partial charge in [0.15, 0.2) is 11.6 Å². The van der Waals surface area contributed by atoms with Crippen molar-refractivity contribution in [3.63, 3.8) is 0 Å². The molecule has 2 aromatic rings. The number of hydrogen-bond acceptors (Lipinski definition) is 3. The molecular weight excluding hydrogens is 486 g/mol. The second kappa shape index (κ2) is 9.82. The summed E-state index contributed by atoms with van der Waals surface area (Å²) in [7, 11) is 0. The Balaban J connectivity index is 1.67. The number of allylic oxidation sites excluding steroid dienone is 1. The molecule has 2 aromatic carbocycles. The molecule has 0 saturated heterocycles. The fourth-order valence-corrected chi connectivity index (χ4v) is 5.04. The molecule has 1 fully saturated rings. The van der Waals surface area contributed by atoms with Crippen molar-refractivity contribution in [2.45, 2.75) is 63.4 Å². The van der Waals surface area contributed by atoms with Crippen molar-refractivity contribution in [3.05, 3.63) is 65.2 Å². The van der Waals surface area contributed by atoms with Gasteiger partial charge in [-0.15, -0.1) is 6.58 Å². The highest BCUT2D eigenvalue weighted by molar-refractivity contribution is 5.92. The summed E-state index contributed by atoms with van der Waals surface area (Å²) in [6.45, 7) is 5.09. The minimum absolute atomic E-state index is 0.0785. The summed E-state index contributed by atoms with van der Waals surface area (Å²) in [5, 5.41) is 0. The average Bonchev–Trinajstić information content (AvgIpc) is 2.83. The van der Waals surface area contributed by atoms with Gasteiger partial charge in [-0.05, 0) is 80.7 Å². The maximum Gasteiger partial charge on any atom is 0.343 e. The predicted molar refractivity (Wildman–Crippen MR) is 121 cm³/mol. The summed E-state index contributed by atoms with van der Waals surface area (Å²) in [4.78, 5) is 12.7. The molecule has 36 heavy (non-hydrogen) atoms. The molecular formula is C27H26F6O3. The Bertz CT molecular complexity index is 1170. The number of esters is 1. The molecule has 0 bridgehead atoms. The third kappa shape index (κ3) is 4.26. The molecule has 1 saturated carbocycles. The first kappa shape index (κ1) is 26.1. The summed E-state index contributed by atoms with van der Waals surface area (Å²) in [6, 6.07) is 3.83. The quantitative estimate of drug-likeness (QED) is 0.215. The molecule has 2 aliphatic carbocycles. The van der Waals surface area contributed by atoms with Crippen LogP contribution in [0.1, 0.15) is 66.9 Å². The molecule has 0 N–H and O–H groups in total. The molecule has 0 aliphatic heterocycles. The van der Waals surface area contributed by atoms with E-state index in [0.29, 0.717) is 18.8 Å². The number of benzene rings is 2. The largest absolute Gasteiger partial charge is 0.491 e. The maximum atomic E-state index is 15.4. The molecule has 0 amide bonds. The van der Waals surface area contributed by atoms with E-state index < -0.39 is 69.1 Å². The SMILES string of the molecule is C=CCCC1CCC(OC(=O)c2ccc3c(c2F)C(F)(F)C(F)(F)c2c-3ccc(OCC)c2F)CC1. The van der Waals surface area contributed by atoms with Crippen LogP contribution in [0.4, 0.5) is 26.3 Å². The van der Waals surface area contributed by atoms with Crippen molar-refractivity contribution >= 4 is 5.97 Å². The lowest BCUT2D eigenvalue weighted by Gasteiger charge is -2.35. The van der Waals surface area contributed by atoms with Crippen LogP contribution in [-0.2, 0) is 16.6 Å². The van der Waals surface area contributed by atoms with Gasteiger partial charge >= 0.3 is 17.8 Å². The maximum absolute atomic E-state index is 15.4. The number of carbonyl (C=O) groups excluding carboxylic acids is 1. The van der Waals surface area contributed by atoms with Crippen LogP contribution >= 0.6 is 0 Å². The van der Waals surface area contributed by atoms with Crippen LogP contribution in [0.2, 0.25) is 0 Å². The molecule has 194 valence electrons. The fraction of sp³-hybridized carbons (Fsp3) is 0.444. The topological polar surface area (TPSA) is 35.5 Å². The summed E-state index contributed by atoms with van der Waals surface area (Å²) in [5.41, 5.74) is -5.33. The zero-order valence-corrected chi connectivity index (χ0v) is 19.7. The Labute approximate surface area is 205 Å². The van der Waals surface area contributed by atoms with E-state index in [1.165, 1.54) is 6.92 Å². The van der Waals surface area contributed by atoms with E-state index in [0.717, 1.165) is 49.9 Å². The van der Waals surface area contributed by atoms with Gasteiger partial charge in [-0.2, -0.15) is 17.6 Å². The zero-order chi connectivity index (χ0) is 26.3. The van der Waals surface area contributed by atoms with E-state index in [1.54, 1.807) is 0 Å². The van der Waals surface area contributed by atoms with Gasteiger partial charge in [-0.3, -0.25) is 0 Å². The Hall–Kier alpha value is -2.97. The normalized spacial score (nSPS) is 21.8. The van der Waals surface area contributed by atoms with Crippen LogP contribution in [-0.4, -0.2) is 18.7 Å². The van der Waals surface area contributed by atoms with Crippen molar-refractivity contribution in [3.8, 4) is 16.9 Å². The van der Waals surface area contributed by atoms with Crippen LogP contribution in [0.25, 0.3) is 11.1 Å². The van der Waals surface area contributed by atoms with Gasteiger partial charge in [0, 0.05) is 0 Å². The molecule has 0 atom stereocenters. The zero-order valence-electron chi connectivity index (χ0n) is 19.7. The van der Waals surface area contributed by atoms with Gasteiger partial charge in [0.2, 0.25) is 0 Å². The van der Waals surface area contributed by atoms with Crippen molar-refractivity contribution < 1.29 is 40.6 Å². The van der Waals surface area contributed by atoms with Crippen molar-refractivity contribution in [1.29, 1.82) is 0 Å². The molecule has 0 radical (unpaired) electrons. The van der Waals surface area contributed by atoms with Gasteiger partial charge in [0.25, 0.3) is 0 Å². The highest BCUT2D eigenvalue weighted by atomic mass is 19.3. The number of halogens is 6. The van der Waals surface area contributed by atoms with E-state index >= 15 is 22.0 Å². The van der Waals surface area contributed by atoms with Gasteiger partial charge < -0.3 is 9.47 Å². The second-order valence-electron chi connectivity index (χ2n) is 9.15. The lowest BCUT2D eigenvalue weighted by Crippen LogP contribution is -2.41. The lowest BCUT2D eigenvalue weighted by molar-refractivity contribution is -0.227. The van der Waals surface area contributed by atoms with Crippen LogP contribution in [0.15, 0.2) is 36.9 Å². The number of alkyl halides is 4. The highest BCUT2D eigenvalue weighted by Gasteiger charge is 2.65. The first-order valence-corrected chi connectivity index (χ1v) is 11.9. The van der Waals surface area contributed by atoms with E-state index in [-0.39, 0.29) is 6.61 Å². The Morgan fingerprint density at radius 2 is 1.56 bits per heavy atom. The second-order valence-corrected chi connectivity index (χ2v) is 9.15. The summed E-state index contributed by atoms with van der Waals surface area (Å²) >= 11 is 0. The van der Waals surface area contributed by atoms with Gasteiger partial charge in [-0.1, -0.05) is 12.1 Å². The molecule has 3 nitrogen and oxygen atoms in total. The average molecular weight is 512 g/mol. The number of rotatable bonds is 7. The van der Waals surface area contributed by atoms with Gasteiger partial charge in [0.1, 0.15) is 11.9 Å². The molecule has 0 unspecified atom stereocenters. The van der Waals surface area contributed by atoms with E-state index in [2.05, 4.69) is 6.58 Å². The van der Waals surface area contributed by atoms with E-state index in [4.69, 9.17) is 9.47 Å². The van der Waals surface area contributed by atoms with Crippen LogP contribution in [0.5, 0.6) is 5.75 Å². The molecule has 0 aromatic heterocycles. The smallest absolute Gasteiger partial charge is 0.343 e. The predicted octanol–water partition coefficient (Wildman–Crippen LogP) is 7.91. The fourth-order valence-electron chi connectivity index (χ4n) is 5.04. The number of fused-ring (bicyclic) bond motifs is 3. The lowest BCUT2D eigenvalue weighted by atomic mass is 9.79. The van der Waals surface area contributed by atoms with Crippen molar-refractivity contribution in [2.24, 2.45) is 5.92 Å². The Morgan fingerprint density at radius 1 is 0.972 bits per heavy atom. The van der Waals surface area contributed by atoms with Gasteiger partial charge in [0.05, 0.1) is 23.3 Å². The third-order valence-corrected chi connectivity index (χ3v) is 6.93. The number of ether oxygens (including phenoxy) is 2. The molecule has 9 heteroatoms. The molecule has 0 spiro atoms. The molecule has 2 aliphatic rings. The van der Waals surface area contributed by atoms with Crippen LogP contribution < -0.4 is 4.74 Å². The minimum atomic E-state index is -5.13. The number of hydrogen-bond donors (Lipinski definition) is 0. The summed E-state index contributed by atoms with van der Waals surface area (Å²) in [6.07, 6.45) is 5.77.